The Kier molecular flexibility index (Phi) is 2.95. The summed E-state index contributed by atoms with van der Waals surface area (Å²) in [5, 5.41) is 2.89. The van der Waals surface area contributed by atoms with Crippen molar-refractivity contribution in [1.82, 2.24) is 9.76 Å². The first-order valence-corrected chi connectivity index (χ1v) is 5.92. The molecule has 2 unspecified atom stereocenters. The van der Waals surface area contributed by atoms with Crippen molar-refractivity contribution < 1.29 is 4.57 Å². The molecular weight excluding hydrogens is 171 g/mol. The smallest absolute Gasteiger partial charge is 0.213 e. The van der Waals surface area contributed by atoms with Crippen LogP contribution in [0.3, 0.4) is 0 Å². The van der Waals surface area contributed by atoms with Crippen LogP contribution in [0.15, 0.2) is 0 Å². The molecule has 0 spiro atoms. The van der Waals surface area contributed by atoms with Crippen LogP contribution in [0.5, 0.6) is 0 Å². The molecule has 0 aromatic heterocycles. The first-order chi connectivity index (χ1) is 5.62. The minimum absolute atomic E-state index is 0.269. The monoisotopic (exact) mass is 186 g/mol. The van der Waals surface area contributed by atoms with E-state index < -0.39 is 7.44 Å². The van der Waals surface area contributed by atoms with Crippen molar-refractivity contribution in [3.8, 4) is 12.3 Å². The van der Waals surface area contributed by atoms with Crippen molar-refractivity contribution in [2.75, 3.05) is 26.8 Å². The summed E-state index contributed by atoms with van der Waals surface area (Å²) in [4.78, 5) is 0. The zero-order chi connectivity index (χ0) is 9.19. The molecule has 1 aliphatic heterocycles. The van der Waals surface area contributed by atoms with E-state index in [1.807, 2.05) is 11.7 Å². The fourth-order valence-corrected chi connectivity index (χ4v) is 3.49. The summed E-state index contributed by atoms with van der Waals surface area (Å²) in [6.45, 7) is 0.745. The van der Waals surface area contributed by atoms with Gasteiger partial charge in [0.2, 0.25) is 7.44 Å². The lowest BCUT2D eigenvalue weighted by Crippen LogP contribution is -2.34. The molecule has 68 valence electrons. The highest BCUT2D eigenvalue weighted by Crippen LogP contribution is 2.48. The lowest BCUT2D eigenvalue weighted by atomic mass is 10.1. The van der Waals surface area contributed by atoms with E-state index in [1.54, 1.807) is 7.05 Å². The molecule has 4 heteroatoms. The zero-order valence-corrected chi connectivity index (χ0v) is 8.47. The van der Waals surface area contributed by atoms with Gasteiger partial charge in [-0.1, -0.05) is 0 Å². The Morgan fingerprint density at radius 2 is 2.42 bits per heavy atom. The molecule has 0 aromatic rings. The lowest BCUT2D eigenvalue weighted by Gasteiger charge is -2.34. The third kappa shape index (κ3) is 1.72. The molecule has 0 saturated carbocycles. The predicted molar refractivity (Wildman–Crippen MR) is 51.1 cm³/mol. The van der Waals surface area contributed by atoms with Crippen molar-refractivity contribution in [3.05, 3.63) is 0 Å². The number of rotatable bonds is 1. The molecule has 1 N–H and O–H groups in total. The third-order valence-corrected chi connectivity index (χ3v) is 5.23. The molecule has 0 aliphatic carbocycles. The summed E-state index contributed by atoms with van der Waals surface area (Å²) in [6, 6.07) is 0. The molecule has 0 radical (unpaired) electrons. The number of nitrogens with zero attached hydrogens (tertiary/aromatic N) is 1. The van der Waals surface area contributed by atoms with Gasteiger partial charge in [-0.15, -0.1) is 12.3 Å². The first kappa shape index (κ1) is 9.80. The Morgan fingerprint density at radius 3 is 2.83 bits per heavy atom. The lowest BCUT2D eigenvalue weighted by molar-refractivity contribution is 0.386. The van der Waals surface area contributed by atoms with E-state index in [4.69, 9.17) is 6.42 Å². The van der Waals surface area contributed by atoms with Crippen LogP contribution in [0.4, 0.5) is 0 Å². The number of hydrogen-bond acceptors (Lipinski definition) is 1. The summed E-state index contributed by atoms with van der Waals surface area (Å²) < 4.78 is 13.8. The van der Waals surface area contributed by atoms with Crippen molar-refractivity contribution in [2.24, 2.45) is 5.92 Å². The summed E-state index contributed by atoms with van der Waals surface area (Å²) >= 11 is 0. The minimum Gasteiger partial charge on any atom is -0.289 e. The van der Waals surface area contributed by atoms with Gasteiger partial charge < -0.3 is 0 Å². The fraction of sp³-hybridized carbons (Fsp3) is 0.750. The van der Waals surface area contributed by atoms with Gasteiger partial charge >= 0.3 is 0 Å². The van der Waals surface area contributed by atoms with Gasteiger partial charge in [-0.3, -0.25) is 9.65 Å². The molecule has 0 bridgehead atoms. The Hall–Kier alpha value is -0.290. The topological polar surface area (TPSA) is 32.3 Å². The van der Waals surface area contributed by atoms with Crippen molar-refractivity contribution >= 4 is 7.44 Å². The highest BCUT2D eigenvalue weighted by Gasteiger charge is 2.32. The van der Waals surface area contributed by atoms with Crippen molar-refractivity contribution in [3.63, 3.8) is 0 Å². The van der Waals surface area contributed by atoms with E-state index in [2.05, 4.69) is 11.0 Å². The van der Waals surface area contributed by atoms with E-state index >= 15 is 0 Å². The normalized spacial score (nSPS) is 37.6. The second-order valence-corrected chi connectivity index (χ2v) is 6.12. The largest absolute Gasteiger partial charge is 0.289 e. The standard InChI is InChI=1S/C8H15N2OP/c1-4-8-5-6-12(11,9-2)10(3)7-8/h1,8H,5-7H2,2-3H3,(H,9,11). The van der Waals surface area contributed by atoms with Gasteiger partial charge in [0.25, 0.3) is 0 Å². The molecule has 1 rings (SSSR count). The molecule has 1 aliphatic rings. The SMILES string of the molecule is C#CC1CCP(=O)(NC)N(C)C1. The quantitative estimate of drug-likeness (QED) is 0.489. The highest BCUT2D eigenvalue weighted by molar-refractivity contribution is 7.59. The molecule has 0 aromatic carbocycles. The summed E-state index contributed by atoms with van der Waals surface area (Å²) in [5.41, 5.74) is 0. The molecule has 3 nitrogen and oxygen atoms in total. The van der Waals surface area contributed by atoms with Crippen LogP contribution in [0.1, 0.15) is 6.42 Å². The predicted octanol–water partition coefficient (Wildman–Crippen LogP) is 0.984. The number of hydrogen-bond donors (Lipinski definition) is 1. The fourth-order valence-electron chi connectivity index (χ4n) is 1.46. The second kappa shape index (κ2) is 3.62. The third-order valence-electron chi connectivity index (χ3n) is 2.40. The molecule has 1 fully saturated rings. The Balaban J connectivity index is 2.67. The minimum atomic E-state index is -2.25. The molecule has 0 amide bonds. The molecule has 1 heterocycles. The van der Waals surface area contributed by atoms with Gasteiger partial charge in [-0.05, 0) is 20.5 Å². The molecular formula is C8H15N2OP. The van der Waals surface area contributed by atoms with Gasteiger partial charge in [0.15, 0.2) is 0 Å². The van der Waals surface area contributed by atoms with E-state index in [9.17, 15) is 4.57 Å². The van der Waals surface area contributed by atoms with Crippen LogP contribution in [0.2, 0.25) is 0 Å². The van der Waals surface area contributed by atoms with E-state index in [-0.39, 0.29) is 5.92 Å². The Bertz CT molecular complexity index is 246. The number of terminal acetylenes is 1. The van der Waals surface area contributed by atoms with Gasteiger partial charge in [0, 0.05) is 18.6 Å². The van der Waals surface area contributed by atoms with Crippen LogP contribution >= 0.6 is 7.44 Å². The van der Waals surface area contributed by atoms with Gasteiger partial charge in [0.05, 0.1) is 0 Å². The Morgan fingerprint density at radius 1 is 1.75 bits per heavy atom. The van der Waals surface area contributed by atoms with E-state index in [0.717, 1.165) is 13.0 Å². The van der Waals surface area contributed by atoms with Gasteiger partial charge in [-0.25, -0.2) is 4.67 Å². The van der Waals surface area contributed by atoms with Crippen LogP contribution in [-0.4, -0.2) is 31.5 Å². The van der Waals surface area contributed by atoms with E-state index in [1.165, 1.54) is 0 Å². The summed E-state index contributed by atoms with van der Waals surface area (Å²) in [5.74, 6) is 2.97. The zero-order valence-electron chi connectivity index (χ0n) is 7.58. The second-order valence-electron chi connectivity index (χ2n) is 3.14. The van der Waals surface area contributed by atoms with Gasteiger partial charge in [0.1, 0.15) is 0 Å². The van der Waals surface area contributed by atoms with Crippen LogP contribution < -0.4 is 5.09 Å². The maximum Gasteiger partial charge on any atom is 0.213 e. The van der Waals surface area contributed by atoms with Crippen LogP contribution in [-0.2, 0) is 4.57 Å². The average Bonchev–Trinajstić information content (AvgIpc) is 2.10. The van der Waals surface area contributed by atoms with Gasteiger partial charge in [-0.2, -0.15) is 0 Å². The average molecular weight is 186 g/mol. The summed E-state index contributed by atoms with van der Waals surface area (Å²) in [7, 11) is 1.36. The van der Waals surface area contributed by atoms with Crippen LogP contribution in [0, 0.1) is 18.3 Å². The van der Waals surface area contributed by atoms with Crippen LogP contribution in [0.25, 0.3) is 0 Å². The first-order valence-electron chi connectivity index (χ1n) is 4.08. The summed E-state index contributed by atoms with van der Waals surface area (Å²) in [6.07, 6.45) is 6.87. The van der Waals surface area contributed by atoms with Crippen molar-refractivity contribution in [1.29, 1.82) is 0 Å². The molecule has 2 atom stereocenters. The number of nitrogens with one attached hydrogen (secondary N) is 1. The van der Waals surface area contributed by atoms with E-state index in [0.29, 0.717) is 6.16 Å². The van der Waals surface area contributed by atoms with Crippen molar-refractivity contribution in [2.45, 2.75) is 6.42 Å². The molecule has 12 heavy (non-hydrogen) atoms. The maximum absolute atomic E-state index is 11.9. The maximum atomic E-state index is 11.9. The highest BCUT2D eigenvalue weighted by atomic mass is 31.2. The molecule has 1 saturated heterocycles. The Labute approximate surface area is 74.0 Å².